The van der Waals surface area contributed by atoms with E-state index in [1.165, 1.54) is 117 Å². The largest absolute Gasteiger partial charge is 0.508 e. The second-order valence-corrected chi connectivity index (χ2v) is 36.7. The van der Waals surface area contributed by atoms with Gasteiger partial charge in [-0.3, -0.25) is 0 Å². The van der Waals surface area contributed by atoms with Crippen LogP contribution in [0.2, 0.25) is 0 Å². The molecule has 0 radical (unpaired) electrons. The van der Waals surface area contributed by atoms with Gasteiger partial charge >= 0.3 is 0 Å². The molecular weight excluding hydrogens is 1410 g/mol. The maximum Gasteiger partial charge on any atom is 0.212 e. The van der Waals surface area contributed by atoms with Crippen molar-refractivity contribution in [3.8, 4) is 34.5 Å². The molecule has 6 aromatic rings. The van der Waals surface area contributed by atoms with Crippen molar-refractivity contribution in [3.63, 3.8) is 0 Å². The minimum absolute atomic E-state index is 0.0491. The van der Waals surface area contributed by atoms with Gasteiger partial charge in [-0.05, 0) is 243 Å². The second kappa shape index (κ2) is 52.0. The van der Waals surface area contributed by atoms with Crippen LogP contribution in [0.4, 0.5) is 0 Å². The normalized spacial score (nSPS) is 19.5. The predicted molar refractivity (Wildman–Crippen MR) is 484 cm³/mol. The minimum Gasteiger partial charge on any atom is -0.508 e. The van der Waals surface area contributed by atoms with Gasteiger partial charge in [0, 0.05) is 29.6 Å². The fourth-order valence-electron chi connectivity index (χ4n) is 14.0. The number of phenols is 2. The van der Waals surface area contributed by atoms with Crippen LogP contribution in [0.15, 0.2) is 146 Å². The Kier molecular flexibility index (Phi) is 45.8. The molecule has 0 heterocycles. The van der Waals surface area contributed by atoms with E-state index in [4.69, 9.17) is 48.1 Å². The summed E-state index contributed by atoms with van der Waals surface area (Å²) in [5.41, 5.74) is 7.91. The Bertz CT molecular complexity index is 3350. The summed E-state index contributed by atoms with van der Waals surface area (Å²) in [4.78, 5) is 0. The van der Waals surface area contributed by atoms with Crippen LogP contribution in [0, 0.1) is 34.5 Å². The Morgan fingerprint density at radius 1 is 0.325 bits per heavy atom. The molecule has 3 aliphatic rings. The lowest BCUT2D eigenvalue weighted by Crippen LogP contribution is -2.50. The van der Waals surface area contributed by atoms with E-state index in [0.29, 0.717) is 89.0 Å². The highest BCUT2D eigenvalue weighted by Crippen LogP contribution is 2.40. The number of hydrogen-bond acceptors (Lipinski definition) is 10. The van der Waals surface area contributed by atoms with Gasteiger partial charge in [0.05, 0.1) is 24.4 Å². The summed E-state index contributed by atoms with van der Waals surface area (Å²) in [6, 6.07) is 49.0. The Balaban J connectivity index is 0.000000294. The van der Waals surface area contributed by atoms with E-state index in [0.717, 1.165) is 74.4 Å². The lowest BCUT2D eigenvalue weighted by Gasteiger charge is -2.43. The Morgan fingerprint density at radius 2 is 0.605 bits per heavy atom. The zero-order valence-corrected chi connectivity index (χ0v) is 77.2. The van der Waals surface area contributed by atoms with Gasteiger partial charge in [0.15, 0.2) is 0 Å². The first-order chi connectivity index (χ1) is 54.0. The summed E-state index contributed by atoms with van der Waals surface area (Å²) < 4.78 is 50.3. The minimum atomic E-state index is -0.651. The number of hydrogen-bond donors (Lipinski definition) is 2. The van der Waals surface area contributed by atoms with Crippen molar-refractivity contribution in [2.45, 2.75) is 406 Å². The van der Waals surface area contributed by atoms with Crippen LogP contribution in [-0.2, 0) is 18.9 Å². The fraction of sp³-hybridized carbons (Fsp3) is 0.654. The predicted octanol–water partition coefficient (Wildman–Crippen LogP) is 31.0. The Hall–Kier alpha value is -6.04. The molecule has 10 nitrogen and oxygen atoms in total. The van der Waals surface area contributed by atoms with Crippen LogP contribution in [-0.4, -0.2) is 59.3 Å². The second-order valence-electron chi connectivity index (χ2n) is 36.7. The molecular formula is C104H166O10. The van der Waals surface area contributed by atoms with Gasteiger partial charge in [-0.1, -0.05) is 298 Å². The highest BCUT2D eigenvalue weighted by atomic mass is 16.7. The van der Waals surface area contributed by atoms with Crippen LogP contribution < -0.4 is 18.9 Å². The van der Waals surface area contributed by atoms with E-state index in [-0.39, 0.29) is 35.8 Å². The molecule has 14 unspecified atom stereocenters. The Labute approximate surface area is 698 Å². The molecule has 10 heteroatoms. The molecule has 0 amide bonds. The molecule has 0 aliphatic heterocycles. The van der Waals surface area contributed by atoms with Crippen LogP contribution in [0.25, 0.3) is 0 Å². The maximum absolute atomic E-state index is 9.01. The highest BCUT2D eigenvalue weighted by molar-refractivity contribution is 5.34. The number of benzene rings is 6. The van der Waals surface area contributed by atoms with Crippen molar-refractivity contribution >= 4 is 0 Å². The zero-order chi connectivity index (χ0) is 84.7. The molecule has 0 aromatic heterocycles. The van der Waals surface area contributed by atoms with Gasteiger partial charge in [-0.2, -0.15) is 0 Å². The Morgan fingerprint density at radius 3 is 0.895 bits per heavy atom. The first-order valence-electron chi connectivity index (χ1n) is 45.4. The van der Waals surface area contributed by atoms with E-state index < -0.39 is 5.79 Å². The summed E-state index contributed by atoms with van der Waals surface area (Å²) in [5.74, 6) is 9.19. The van der Waals surface area contributed by atoms with Gasteiger partial charge < -0.3 is 48.1 Å². The van der Waals surface area contributed by atoms with Gasteiger partial charge in [-0.15, -0.1) is 0 Å². The van der Waals surface area contributed by atoms with Crippen LogP contribution in [0.3, 0.4) is 0 Å². The van der Waals surface area contributed by atoms with Crippen molar-refractivity contribution in [1.82, 2.24) is 0 Å². The molecule has 642 valence electrons. The van der Waals surface area contributed by atoms with Crippen molar-refractivity contribution in [2.24, 2.45) is 34.5 Å². The zero-order valence-electron chi connectivity index (χ0n) is 77.2. The molecule has 0 saturated heterocycles. The third-order valence-electron chi connectivity index (χ3n) is 24.5. The van der Waals surface area contributed by atoms with E-state index in [1.807, 2.05) is 24.3 Å². The van der Waals surface area contributed by atoms with Gasteiger partial charge in [0.1, 0.15) is 34.5 Å². The van der Waals surface area contributed by atoms with Gasteiger partial charge in [-0.25, -0.2) is 0 Å². The molecule has 9 rings (SSSR count). The molecule has 0 bridgehead atoms. The first-order valence-corrected chi connectivity index (χ1v) is 45.4. The molecule has 3 fully saturated rings. The highest BCUT2D eigenvalue weighted by Gasteiger charge is 2.43. The van der Waals surface area contributed by atoms with Gasteiger partial charge in [0.2, 0.25) is 24.7 Å². The monoisotopic (exact) mass is 1580 g/mol. The summed E-state index contributed by atoms with van der Waals surface area (Å²) in [5, 5.41) is 18.0. The molecule has 6 aromatic carbocycles. The van der Waals surface area contributed by atoms with Crippen molar-refractivity contribution in [3.05, 3.63) is 179 Å². The standard InChI is InChI=1S/C22H36O2.C21H34O2.C21H36O2.C20H32O2.2C10H14O/c1-7-16(2)18-12-14-19(15-13-18)23-21(22(4,5)6)24-20-11-9-8-10-17(20)3;1-6-16(4)18-11-13-19(14-12-18)22-21(15(2)3)23-20-10-8-7-9-17(20)5;1-9-16(4)17-12-14-19(15-13-17)23-21(8,20(5,6)7)22-18(10-2)11-3;1-5-16(4)17-11-13-19(14-12-17)22-20(15(2)3)21-18-9-7-6-8-10-18;2*1-3-8(2)9-4-6-10(11)7-5-9/h12-17,20-21H,7-11H2,1-6H3;11-17,20-21H,6-10H2,1-5H3;12-16,18H,9-11H2,1-8H3;11-16,18,20H,5-10H2,1-4H3;2*4-8,11H,3H2,1-2H3. The molecule has 3 saturated carbocycles. The summed E-state index contributed by atoms with van der Waals surface area (Å²) in [7, 11) is 0. The van der Waals surface area contributed by atoms with E-state index in [2.05, 4.69) is 284 Å². The molecule has 0 spiro atoms. The quantitative estimate of drug-likeness (QED) is 0.0396. The number of rotatable bonds is 32. The fourth-order valence-corrected chi connectivity index (χ4v) is 14.0. The van der Waals surface area contributed by atoms with E-state index in [9.17, 15) is 0 Å². The SMILES string of the molecule is CCC(C)c1ccc(O)cc1.CCC(C)c1ccc(O)cc1.CCC(C)c1ccc(OC(OC2CCCCC2)C(C)C)cc1.CCC(C)c1ccc(OC(OC2CCCCC2C)C(C)(C)C)cc1.CCC(C)c1ccc(OC(OC2CCCCC2C)C(C)C)cc1.CCC(CC)OC(C)(Oc1ccc(C(C)CC)cc1)C(C)(C)C. The average Bonchev–Trinajstić information content (AvgIpc) is 0.795. The smallest absolute Gasteiger partial charge is 0.212 e. The number of phenolic OH excluding ortho intramolecular Hbond substituents is 2. The van der Waals surface area contributed by atoms with Crippen molar-refractivity contribution in [1.29, 1.82) is 0 Å². The lowest BCUT2D eigenvalue weighted by molar-refractivity contribution is -0.254. The third-order valence-corrected chi connectivity index (χ3v) is 24.5. The first kappa shape index (κ1) is 100. The molecule has 3 aliphatic carbocycles. The third kappa shape index (κ3) is 35.6. The van der Waals surface area contributed by atoms with Crippen LogP contribution in [0.1, 0.15) is 391 Å². The summed E-state index contributed by atoms with van der Waals surface area (Å²) >= 11 is 0. The van der Waals surface area contributed by atoms with Gasteiger partial charge in [0.25, 0.3) is 0 Å². The molecule has 14 atom stereocenters. The van der Waals surface area contributed by atoms with E-state index in [1.54, 1.807) is 24.3 Å². The maximum atomic E-state index is 9.01. The number of aromatic hydroxyl groups is 2. The van der Waals surface area contributed by atoms with E-state index >= 15 is 0 Å². The summed E-state index contributed by atoms with van der Waals surface area (Å²) in [6.45, 7) is 59.4. The molecule has 2 N–H and O–H groups in total. The lowest BCUT2D eigenvalue weighted by atomic mass is 9.86. The van der Waals surface area contributed by atoms with Crippen molar-refractivity contribution < 1.29 is 48.1 Å². The van der Waals surface area contributed by atoms with Crippen LogP contribution >= 0.6 is 0 Å². The average molecular weight is 1580 g/mol. The van der Waals surface area contributed by atoms with Crippen LogP contribution in [0.5, 0.6) is 34.5 Å². The van der Waals surface area contributed by atoms with Crippen molar-refractivity contribution in [2.75, 3.05) is 0 Å². The molecule has 114 heavy (non-hydrogen) atoms. The summed E-state index contributed by atoms with van der Waals surface area (Å²) in [6.07, 6.45) is 26.1. The topological polar surface area (TPSA) is 114 Å². The number of ether oxygens (including phenoxy) is 8.